The van der Waals surface area contributed by atoms with Gasteiger partial charge >= 0.3 is 6.16 Å². The molecule has 0 N–H and O–H groups in total. The van der Waals surface area contributed by atoms with Gasteiger partial charge in [0.2, 0.25) is 0 Å². The molecule has 2 rings (SSSR count). The highest BCUT2D eigenvalue weighted by Crippen LogP contribution is 2.19. The van der Waals surface area contributed by atoms with Crippen molar-refractivity contribution < 1.29 is 14.3 Å². The average Bonchev–Trinajstić information content (AvgIpc) is 2.38. The first-order valence-corrected chi connectivity index (χ1v) is 6.50. The standard InChI is InChI=1S/C17H18O3/c1-11-5-7-15(9-13(11)3)19-17(18)20-16-8-6-12(2)14(4)10-16/h5-10H,1-4H3. The number of rotatable bonds is 2. The smallest absolute Gasteiger partial charge is 0.395 e. The van der Waals surface area contributed by atoms with Crippen LogP contribution in [0.4, 0.5) is 4.79 Å². The van der Waals surface area contributed by atoms with Gasteiger partial charge < -0.3 is 9.47 Å². The normalized spacial score (nSPS) is 10.2. The van der Waals surface area contributed by atoms with Crippen LogP contribution in [-0.2, 0) is 0 Å². The van der Waals surface area contributed by atoms with E-state index in [0.29, 0.717) is 11.5 Å². The Morgan fingerprint density at radius 2 is 1.10 bits per heavy atom. The van der Waals surface area contributed by atoms with E-state index in [-0.39, 0.29) is 0 Å². The summed E-state index contributed by atoms with van der Waals surface area (Å²) in [6, 6.07) is 11.0. The van der Waals surface area contributed by atoms with Crippen LogP contribution >= 0.6 is 0 Å². The minimum Gasteiger partial charge on any atom is -0.395 e. The molecule has 0 saturated heterocycles. The second-order valence-corrected chi connectivity index (χ2v) is 4.95. The van der Waals surface area contributed by atoms with Crippen LogP contribution in [-0.4, -0.2) is 6.16 Å². The van der Waals surface area contributed by atoms with Crippen molar-refractivity contribution in [2.24, 2.45) is 0 Å². The number of carbonyl (C=O) groups is 1. The zero-order valence-corrected chi connectivity index (χ0v) is 12.2. The second kappa shape index (κ2) is 5.78. The summed E-state index contributed by atoms with van der Waals surface area (Å²) in [6.45, 7) is 7.95. The molecule has 3 nitrogen and oxygen atoms in total. The van der Waals surface area contributed by atoms with E-state index in [1.165, 1.54) is 0 Å². The molecule has 0 aromatic heterocycles. The molecule has 0 aliphatic heterocycles. The van der Waals surface area contributed by atoms with Gasteiger partial charge in [-0.05, 0) is 74.2 Å². The molecular formula is C17H18O3. The first-order valence-electron chi connectivity index (χ1n) is 6.50. The molecule has 104 valence electrons. The lowest BCUT2D eigenvalue weighted by atomic mass is 10.1. The lowest BCUT2D eigenvalue weighted by Crippen LogP contribution is -2.14. The number of hydrogen-bond donors (Lipinski definition) is 0. The van der Waals surface area contributed by atoms with Gasteiger partial charge in [0.1, 0.15) is 11.5 Å². The molecular weight excluding hydrogens is 252 g/mol. The van der Waals surface area contributed by atoms with E-state index < -0.39 is 6.16 Å². The van der Waals surface area contributed by atoms with Gasteiger partial charge in [-0.15, -0.1) is 0 Å². The zero-order chi connectivity index (χ0) is 14.7. The highest BCUT2D eigenvalue weighted by molar-refractivity contribution is 5.67. The second-order valence-electron chi connectivity index (χ2n) is 4.95. The van der Waals surface area contributed by atoms with Crippen LogP contribution < -0.4 is 9.47 Å². The Balaban J connectivity index is 2.04. The molecule has 0 atom stereocenters. The van der Waals surface area contributed by atoms with E-state index in [1.807, 2.05) is 52.0 Å². The van der Waals surface area contributed by atoms with E-state index in [2.05, 4.69) is 0 Å². The van der Waals surface area contributed by atoms with Crippen molar-refractivity contribution in [3.8, 4) is 11.5 Å². The molecule has 0 aliphatic carbocycles. The van der Waals surface area contributed by atoms with Crippen LogP contribution in [0.5, 0.6) is 11.5 Å². The van der Waals surface area contributed by atoms with Crippen molar-refractivity contribution in [1.82, 2.24) is 0 Å². The highest BCUT2D eigenvalue weighted by Gasteiger charge is 2.09. The summed E-state index contributed by atoms with van der Waals surface area (Å²) in [5.74, 6) is 0.976. The molecule has 0 radical (unpaired) electrons. The molecule has 0 heterocycles. The van der Waals surface area contributed by atoms with Crippen molar-refractivity contribution in [2.45, 2.75) is 27.7 Å². The van der Waals surface area contributed by atoms with Crippen LogP contribution in [0.3, 0.4) is 0 Å². The maximum Gasteiger partial charge on any atom is 0.519 e. The van der Waals surface area contributed by atoms with Gasteiger partial charge in [-0.2, -0.15) is 0 Å². The summed E-state index contributed by atoms with van der Waals surface area (Å²) in [5, 5.41) is 0. The maximum atomic E-state index is 11.7. The summed E-state index contributed by atoms with van der Waals surface area (Å²) < 4.78 is 10.3. The van der Waals surface area contributed by atoms with E-state index in [1.54, 1.807) is 12.1 Å². The van der Waals surface area contributed by atoms with Gasteiger partial charge in [0.25, 0.3) is 0 Å². The first-order chi connectivity index (χ1) is 9.45. The molecule has 20 heavy (non-hydrogen) atoms. The predicted octanol–water partition coefficient (Wildman–Crippen LogP) is 4.50. The summed E-state index contributed by atoms with van der Waals surface area (Å²) in [6.07, 6.45) is -0.725. The summed E-state index contributed by atoms with van der Waals surface area (Å²) in [5.41, 5.74) is 4.45. The number of carbonyl (C=O) groups excluding carboxylic acids is 1. The fourth-order valence-corrected chi connectivity index (χ4v) is 1.77. The highest BCUT2D eigenvalue weighted by atomic mass is 16.7. The topological polar surface area (TPSA) is 35.5 Å². The van der Waals surface area contributed by atoms with Gasteiger partial charge in [-0.1, -0.05) is 12.1 Å². The van der Waals surface area contributed by atoms with Crippen molar-refractivity contribution in [3.63, 3.8) is 0 Å². The van der Waals surface area contributed by atoms with Gasteiger partial charge in [-0.25, -0.2) is 4.79 Å². The first kappa shape index (κ1) is 14.1. The Bertz CT molecular complexity index is 589. The summed E-state index contributed by atoms with van der Waals surface area (Å²) in [4.78, 5) is 11.7. The number of hydrogen-bond acceptors (Lipinski definition) is 3. The Kier molecular flexibility index (Phi) is 4.08. The number of benzene rings is 2. The molecule has 0 spiro atoms. The van der Waals surface area contributed by atoms with E-state index in [9.17, 15) is 4.79 Å². The molecule has 2 aromatic rings. The Labute approximate surface area is 119 Å². The molecule has 3 heteroatoms. The van der Waals surface area contributed by atoms with E-state index in [4.69, 9.17) is 9.47 Å². The van der Waals surface area contributed by atoms with Crippen molar-refractivity contribution in [1.29, 1.82) is 0 Å². The monoisotopic (exact) mass is 270 g/mol. The van der Waals surface area contributed by atoms with Crippen LogP contribution in [0.15, 0.2) is 36.4 Å². The molecule has 0 unspecified atom stereocenters. The van der Waals surface area contributed by atoms with Crippen molar-refractivity contribution in [3.05, 3.63) is 58.7 Å². The molecule has 0 bridgehead atoms. The third kappa shape index (κ3) is 3.38. The van der Waals surface area contributed by atoms with E-state index >= 15 is 0 Å². The molecule has 0 saturated carbocycles. The third-order valence-electron chi connectivity index (χ3n) is 3.36. The zero-order valence-electron chi connectivity index (χ0n) is 12.2. The van der Waals surface area contributed by atoms with Gasteiger partial charge in [0.15, 0.2) is 0 Å². The largest absolute Gasteiger partial charge is 0.519 e. The SMILES string of the molecule is Cc1ccc(OC(=O)Oc2ccc(C)c(C)c2)cc1C. The fraction of sp³-hybridized carbons (Fsp3) is 0.235. The summed E-state index contributed by atoms with van der Waals surface area (Å²) >= 11 is 0. The Morgan fingerprint density at radius 1 is 0.700 bits per heavy atom. The molecule has 0 aliphatic rings. The number of ether oxygens (including phenoxy) is 2. The van der Waals surface area contributed by atoms with Gasteiger partial charge in [0.05, 0.1) is 0 Å². The Morgan fingerprint density at radius 3 is 1.45 bits per heavy atom. The predicted molar refractivity (Wildman–Crippen MR) is 78.5 cm³/mol. The van der Waals surface area contributed by atoms with Gasteiger partial charge in [0, 0.05) is 0 Å². The maximum absolute atomic E-state index is 11.7. The quantitative estimate of drug-likeness (QED) is 0.595. The minimum absolute atomic E-state index is 0.488. The summed E-state index contributed by atoms with van der Waals surface area (Å²) in [7, 11) is 0. The number of aryl methyl sites for hydroxylation is 4. The van der Waals surface area contributed by atoms with Crippen LogP contribution in [0.1, 0.15) is 22.3 Å². The van der Waals surface area contributed by atoms with Crippen molar-refractivity contribution >= 4 is 6.16 Å². The Hall–Kier alpha value is -2.29. The lowest BCUT2D eigenvalue weighted by Gasteiger charge is -2.08. The minimum atomic E-state index is -0.725. The van der Waals surface area contributed by atoms with Crippen LogP contribution in [0, 0.1) is 27.7 Å². The molecule has 2 aromatic carbocycles. The molecule has 0 fully saturated rings. The van der Waals surface area contributed by atoms with E-state index in [0.717, 1.165) is 22.3 Å². The average molecular weight is 270 g/mol. The van der Waals surface area contributed by atoms with Gasteiger partial charge in [-0.3, -0.25) is 0 Å². The fourth-order valence-electron chi connectivity index (χ4n) is 1.77. The molecule has 0 amide bonds. The van der Waals surface area contributed by atoms with Crippen LogP contribution in [0.2, 0.25) is 0 Å². The van der Waals surface area contributed by atoms with Crippen molar-refractivity contribution in [2.75, 3.05) is 0 Å². The lowest BCUT2D eigenvalue weighted by molar-refractivity contribution is 0.152. The van der Waals surface area contributed by atoms with Crippen LogP contribution in [0.25, 0.3) is 0 Å². The third-order valence-corrected chi connectivity index (χ3v) is 3.36.